The van der Waals surface area contributed by atoms with E-state index in [1.165, 1.54) is 12.1 Å². The van der Waals surface area contributed by atoms with E-state index in [9.17, 15) is 4.39 Å². The molecule has 0 fully saturated rings. The Labute approximate surface area is 124 Å². The van der Waals surface area contributed by atoms with Gasteiger partial charge in [0.2, 0.25) is 0 Å². The molecule has 2 rings (SSSR count). The van der Waals surface area contributed by atoms with Gasteiger partial charge < -0.3 is 14.8 Å². The molecule has 0 radical (unpaired) electrons. The van der Waals surface area contributed by atoms with Crippen LogP contribution in [0.1, 0.15) is 17.2 Å². The van der Waals surface area contributed by atoms with Crippen LogP contribution in [0.3, 0.4) is 0 Å². The molecule has 2 aromatic carbocycles. The molecule has 0 heterocycles. The minimum absolute atomic E-state index is 0.123. The molecule has 0 aliphatic carbocycles. The Balaban J connectivity index is 2.04. The molecule has 1 unspecified atom stereocenters. The van der Waals surface area contributed by atoms with E-state index in [0.29, 0.717) is 13.2 Å². The minimum Gasteiger partial charge on any atom is -0.497 e. The van der Waals surface area contributed by atoms with Crippen molar-refractivity contribution in [3.8, 4) is 5.75 Å². The van der Waals surface area contributed by atoms with Crippen molar-refractivity contribution < 1.29 is 13.9 Å². The summed E-state index contributed by atoms with van der Waals surface area (Å²) in [6, 6.07) is 14.2. The van der Waals surface area contributed by atoms with Crippen molar-refractivity contribution in [2.75, 3.05) is 20.7 Å². The largest absolute Gasteiger partial charge is 0.497 e. The Bertz CT molecular complexity index is 557. The standard InChI is InChI=1S/C17H20FNO2/c1-19-11-17(14-6-8-15(18)9-7-14)21-12-13-4-3-5-16(10-13)20-2/h3-10,17,19H,11-12H2,1-2H3. The molecule has 21 heavy (non-hydrogen) atoms. The van der Waals surface area contributed by atoms with E-state index in [0.717, 1.165) is 16.9 Å². The maximum atomic E-state index is 13.0. The molecule has 0 saturated heterocycles. The van der Waals surface area contributed by atoms with Crippen molar-refractivity contribution in [1.82, 2.24) is 5.32 Å². The monoisotopic (exact) mass is 289 g/mol. The molecule has 0 bridgehead atoms. The molecule has 4 heteroatoms. The van der Waals surface area contributed by atoms with Crippen molar-refractivity contribution in [3.63, 3.8) is 0 Å². The van der Waals surface area contributed by atoms with E-state index in [1.807, 2.05) is 31.3 Å². The third-order valence-electron chi connectivity index (χ3n) is 3.22. The van der Waals surface area contributed by atoms with Crippen LogP contribution in [0.25, 0.3) is 0 Å². The Kier molecular flexibility index (Phi) is 5.72. The molecule has 0 aliphatic heterocycles. The quantitative estimate of drug-likeness (QED) is 0.848. The van der Waals surface area contributed by atoms with Crippen molar-refractivity contribution in [1.29, 1.82) is 0 Å². The highest BCUT2D eigenvalue weighted by molar-refractivity contribution is 5.28. The van der Waals surface area contributed by atoms with Gasteiger partial charge in [0.1, 0.15) is 11.6 Å². The smallest absolute Gasteiger partial charge is 0.123 e. The van der Waals surface area contributed by atoms with Crippen LogP contribution in [0.4, 0.5) is 4.39 Å². The number of methoxy groups -OCH3 is 1. The Morgan fingerprint density at radius 1 is 1.14 bits per heavy atom. The summed E-state index contributed by atoms with van der Waals surface area (Å²) < 4.78 is 24.2. The van der Waals surface area contributed by atoms with Gasteiger partial charge in [-0.1, -0.05) is 24.3 Å². The summed E-state index contributed by atoms with van der Waals surface area (Å²) in [7, 11) is 3.51. The molecule has 112 valence electrons. The molecule has 0 amide bonds. The van der Waals surface area contributed by atoms with Gasteiger partial charge in [0.05, 0.1) is 19.8 Å². The molecule has 1 N–H and O–H groups in total. The maximum Gasteiger partial charge on any atom is 0.123 e. The van der Waals surface area contributed by atoms with Crippen molar-refractivity contribution in [2.24, 2.45) is 0 Å². The van der Waals surface area contributed by atoms with E-state index in [2.05, 4.69) is 5.32 Å². The number of benzene rings is 2. The first-order chi connectivity index (χ1) is 10.2. The number of rotatable bonds is 7. The Morgan fingerprint density at radius 2 is 1.90 bits per heavy atom. The van der Waals surface area contributed by atoms with Crippen LogP contribution in [-0.4, -0.2) is 20.7 Å². The van der Waals surface area contributed by atoms with Crippen molar-refractivity contribution in [3.05, 3.63) is 65.5 Å². The zero-order valence-electron chi connectivity index (χ0n) is 12.3. The van der Waals surface area contributed by atoms with Crippen LogP contribution in [0.2, 0.25) is 0 Å². The molecule has 3 nitrogen and oxygen atoms in total. The van der Waals surface area contributed by atoms with Gasteiger partial charge >= 0.3 is 0 Å². The fourth-order valence-electron chi connectivity index (χ4n) is 2.09. The summed E-state index contributed by atoms with van der Waals surface area (Å²) in [5.41, 5.74) is 1.99. The average Bonchev–Trinajstić information content (AvgIpc) is 2.52. The van der Waals surface area contributed by atoms with Crippen LogP contribution in [0.5, 0.6) is 5.75 Å². The number of nitrogens with one attached hydrogen (secondary N) is 1. The van der Waals surface area contributed by atoms with Crippen LogP contribution in [0, 0.1) is 5.82 Å². The summed E-state index contributed by atoms with van der Waals surface area (Å²) in [6.07, 6.45) is -0.123. The van der Waals surface area contributed by atoms with Gasteiger partial charge in [-0.25, -0.2) is 4.39 Å². The molecular weight excluding hydrogens is 269 g/mol. The van der Waals surface area contributed by atoms with Crippen molar-refractivity contribution >= 4 is 0 Å². The second kappa shape index (κ2) is 7.76. The van der Waals surface area contributed by atoms with E-state index in [4.69, 9.17) is 9.47 Å². The van der Waals surface area contributed by atoms with Crippen LogP contribution >= 0.6 is 0 Å². The molecule has 0 aromatic heterocycles. The summed E-state index contributed by atoms with van der Waals surface area (Å²) in [5.74, 6) is 0.567. The van der Waals surface area contributed by atoms with Gasteiger partial charge in [-0.05, 0) is 42.4 Å². The number of hydrogen-bond donors (Lipinski definition) is 1. The zero-order valence-corrected chi connectivity index (χ0v) is 12.3. The van der Waals surface area contributed by atoms with Crippen LogP contribution in [0.15, 0.2) is 48.5 Å². The molecule has 0 saturated carbocycles. The van der Waals surface area contributed by atoms with Crippen molar-refractivity contribution in [2.45, 2.75) is 12.7 Å². The molecule has 0 spiro atoms. The first kappa shape index (κ1) is 15.5. The lowest BCUT2D eigenvalue weighted by Crippen LogP contribution is -2.19. The Morgan fingerprint density at radius 3 is 2.57 bits per heavy atom. The summed E-state index contributed by atoms with van der Waals surface area (Å²) in [6.45, 7) is 1.14. The van der Waals surface area contributed by atoms with Gasteiger partial charge in [-0.15, -0.1) is 0 Å². The number of hydrogen-bond acceptors (Lipinski definition) is 3. The lowest BCUT2D eigenvalue weighted by molar-refractivity contribution is 0.0409. The van der Waals surface area contributed by atoms with Gasteiger partial charge in [0.15, 0.2) is 0 Å². The zero-order chi connectivity index (χ0) is 15.1. The molecular formula is C17H20FNO2. The lowest BCUT2D eigenvalue weighted by Gasteiger charge is -2.18. The second-order valence-corrected chi connectivity index (χ2v) is 4.76. The predicted molar refractivity (Wildman–Crippen MR) is 80.9 cm³/mol. The van der Waals surface area contributed by atoms with Crippen LogP contribution < -0.4 is 10.1 Å². The summed E-state index contributed by atoms with van der Waals surface area (Å²) in [4.78, 5) is 0. The highest BCUT2D eigenvalue weighted by atomic mass is 19.1. The van der Waals surface area contributed by atoms with E-state index >= 15 is 0 Å². The average molecular weight is 289 g/mol. The highest BCUT2D eigenvalue weighted by Crippen LogP contribution is 2.20. The SMILES string of the molecule is CNCC(OCc1cccc(OC)c1)c1ccc(F)cc1. The fourth-order valence-corrected chi connectivity index (χ4v) is 2.09. The van der Waals surface area contributed by atoms with Crippen LogP contribution in [-0.2, 0) is 11.3 Å². The normalized spacial score (nSPS) is 12.1. The number of likely N-dealkylation sites (N-methyl/N-ethyl adjacent to an activating group) is 1. The Hall–Kier alpha value is -1.91. The predicted octanol–water partition coefficient (Wildman–Crippen LogP) is 3.31. The number of ether oxygens (including phenoxy) is 2. The molecule has 1 atom stereocenters. The number of halogens is 1. The van der Waals surface area contributed by atoms with E-state index in [-0.39, 0.29) is 11.9 Å². The third-order valence-corrected chi connectivity index (χ3v) is 3.22. The highest BCUT2D eigenvalue weighted by Gasteiger charge is 2.11. The van der Waals surface area contributed by atoms with Gasteiger partial charge in [-0.2, -0.15) is 0 Å². The third kappa shape index (κ3) is 4.55. The van der Waals surface area contributed by atoms with Gasteiger partial charge in [0.25, 0.3) is 0 Å². The fraction of sp³-hybridized carbons (Fsp3) is 0.294. The first-order valence-electron chi connectivity index (χ1n) is 6.87. The van der Waals surface area contributed by atoms with Gasteiger partial charge in [-0.3, -0.25) is 0 Å². The maximum absolute atomic E-state index is 13.0. The van der Waals surface area contributed by atoms with E-state index < -0.39 is 0 Å². The topological polar surface area (TPSA) is 30.5 Å². The summed E-state index contributed by atoms with van der Waals surface area (Å²) >= 11 is 0. The molecule has 0 aliphatic rings. The second-order valence-electron chi connectivity index (χ2n) is 4.76. The first-order valence-corrected chi connectivity index (χ1v) is 6.87. The van der Waals surface area contributed by atoms with Gasteiger partial charge in [0, 0.05) is 6.54 Å². The summed E-state index contributed by atoms with van der Waals surface area (Å²) in [5, 5.41) is 3.10. The lowest BCUT2D eigenvalue weighted by atomic mass is 10.1. The molecule has 2 aromatic rings. The van der Waals surface area contributed by atoms with E-state index in [1.54, 1.807) is 19.2 Å². The minimum atomic E-state index is -0.241.